The average molecular weight is 263 g/mol. The molecule has 0 aliphatic heterocycles. The quantitative estimate of drug-likeness (QED) is 0.778. The molecule has 0 amide bonds. The standard InChI is InChI=1S/C10H7BrN4/c11-10-9(2-1-3-13-10)7-15-6-8(4-12)5-14-15/h1-3,5-6H,7H2. The molecule has 0 aromatic carbocycles. The van der Waals surface area contributed by atoms with Crippen molar-refractivity contribution in [1.29, 1.82) is 5.26 Å². The third-order valence-corrected chi connectivity index (χ3v) is 2.65. The van der Waals surface area contributed by atoms with Gasteiger partial charge in [0.1, 0.15) is 10.7 Å². The summed E-state index contributed by atoms with van der Waals surface area (Å²) in [4.78, 5) is 4.11. The summed E-state index contributed by atoms with van der Waals surface area (Å²) in [5.41, 5.74) is 1.60. The van der Waals surface area contributed by atoms with E-state index in [1.807, 2.05) is 18.2 Å². The lowest BCUT2D eigenvalue weighted by atomic mass is 10.3. The van der Waals surface area contributed by atoms with Crippen LogP contribution in [0.5, 0.6) is 0 Å². The third kappa shape index (κ3) is 2.22. The third-order valence-electron chi connectivity index (χ3n) is 1.93. The van der Waals surface area contributed by atoms with Crippen LogP contribution in [0.4, 0.5) is 0 Å². The van der Waals surface area contributed by atoms with Crippen LogP contribution in [0.15, 0.2) is 35.3 Å². The molecular weight excluding hydrogens is 256 g/mol. The second kappa shape index (κ2) is 4.24. The molecule has 0 saturated carbocycles. The molecule has 0 fully saturated rings. The Kier molecular flexibility index (Phi) is 2.79. The fourth-order valence-corrected chi connectivity index (χ4v) is 1.60. The molecule has 0 atom stereocenters. The first-order chi connectivity index (χ1) is 7.29. The molecule has 15 heavy (non-hydrogen) atoms. The summed E-state index contributed by atoms with van der Waals surface area (Å²) in [6.45, 7) is 0.607. The predicted molar refractivity (Wildman–Crippen MR) is 58.0 cm³/mol. The van der Waals surface area contributed by atoms with Gasteiger partial charge >= 0.3 is 0 Å². The van der Waals surface area contributed by atoms with Gasteiger partial charge in [0.15, 0.2) is 0 Å². The van der Waals surface area contributed by atoms with E-state index in [1.165, 1.54) is 0 Å². The van der Waals surface area contributed by atoms with Gasteiger partial charge < -0.3 is 0 Å². The first kappa shape index (κ1) is 9.87. The number of hydrogen-bond acceptors (Lipinski definition) is 3. The van der Waals surface area contributed by atoms with Gasteiger partial charge in [-0.1, -0.05) is 6.07 Å². The molecule has 0 aliphatic rings. The van der Waals surface area contributed by atoms with E-state index < -0.39 is 0 Å². The minimum Gasteiger partial charge on any atom is -0.267 e. The Morgan fingerprint density at radius 1 is 1.53 bits per heavy atom. The van der Waals surface area contributed by atoms with Crippen molar-refractivity contribution in [2.75, 3.05) is 0 Å². The molecule has 0 aliphatic carbocycles. The SMILES string of the molecule is N#Cc1cnn(Cc2cccnc2Br)c1. The lowest BCUT2D eigenvalue weighted by molar-refractivity contribution is 0.682. The number of pyridine rings is 1. The van der Waals surface area contributed by atoms with Crippen molar-refractivity contribution in [3.05, 3.63) is 46.5 Å². The number of halogens is 1. The zero-order chi connectivity index (χ0) is 10.7. The highest BCUT2D eigenvalue weighted by Gasteiger charge is 2.02. The highest BCUT2D eigenvalue weighted by molar-refractivity contribution is 9.10. The Morgan fingerprint density at radius 2 is 2.40 bits per heavy atom. The average Bonchev–Trinajstić information content (AvgIpc) is 2.69. The topological polar surface area (TPSA) is 54.5 Å². The van der Waals surface area contributed by atoms with Gasteiger partial charge in [-0.2, -0.15) is 10.4 Å². The summed E-state index contributed by atoms with van der Waals surface area (Å²) in [5.74, 6) is 0. The first-order valence-corrected chi connectivity index (χ1v) is 5.11. The van der Waals surface area contributed by atoms with Crippen molar-refractivity contribution >= 4 is 15.9 Å². The normalized spacial score (nSPS) is 9.87. The highest BCUT2D eigenvalue weighted by atomic mass is 79.9. The molecule has 0 bridgehead atoms. The minimum absolute atomic E-state index is 0.565. The molecule has 2 aromatic heterocycles. The molecular formula is C10H7BrN4. The van der Waals surface area contributed by atoms with Crippen molar-refractivity contribution in [2.45, 2.75) is 6.54 Å². The lowest BCUT2D eigenvalue weighted by Gasteiger charge is -2.02. The summed E-state index contributed by atoms with van der Waals surface area (Å²) in [5, 5.41) is 12.7. The number of aromatic nitrogens is 3. The largest absolute Gasteiger partial charge is 0.267 e. The van der Waals surface area contributed by atoms with Crippen molar-refractivity contribution in [2.24, 2.45) is 0 Å². The van der Waals surface area contributed by atoms with E-state index in [2.05, 4.69) is 26.0 Å². The second-order valence-electron chi connectivity index (χ2n) is 2.99. The summed E-state index contributed by atoms with van der Waals surface area (Å²) >= 11 is 3.36. The zero-order valence-electron chi connectivity index (χ0n) is 7.76. The molecule has 0 spiro atoms. The van der Waals surface area contributed by atoms with Crippen LogP contribution in [0, 0.1) is 11.3 Å². The van der Waals surface area contributed by atoms with Crippen LogP contribution in [-0.4, -0.2) is 14.8 Å². The molecule has 2 aromatic rings. The Labute approximate surface area is 95.3 Å². The summed E-state index contributed by atoms with van der Waals surface area (Å²) in [6, 6.07) is 5.87. The molecule has 0 radical (unpaired) electrons. The van der Waals surface area contributed by atoms with Gasteiger partial charge in [-0.25, -0.2) is 4.98 Å². The number of nitrogens with zero attached hydrogens (tertiary/aromatic N) is 4. The summed E-state index contributed by atoms with van der Waals surface area (Å²) < 4.78 is 2.51. The highest BCUT2D eigenvalue weighted by Crippen LogP contribution is 2.13. The first-order valence-electron chi connectivity index (χ1n) is 4.31. The molecule has 5 heteroatoms. The van der Waals surface area contributed by atoms with Crippen LogP contribution < -0.4 is 0 Å². The maximum atomic E-state index is 8.65. The van der Waals surface area contributed by atoms with E-state index in [9.17, 15) is 0 Å². The smallest absolute Gasteiger partial charge is 0.111 e. The van der Waals surface area contributed by atoms with E-state index in [0.717, 1.165) is 10.2 Å². The van der Waals surface area contributed by atoms with Gasteiger partial charge in [-0.05, 0) is 22.0 Å². The molecule has 2 rings (SSSR count). The van der Waals surface area contributed by atoms with E-state index in [4.69, 9.17) is 5.26 Å². The molecule has 0 N–H and O–H groups in total. The Bertz CT molecular complexity index is 512. The Hall–Kier alpha value is -1.67. The van der Waals surface area contributed by atoms with Gasteiger partial charge in [-0.3, -0.25) is 4.68 Å². The van der Waals surface area contributed by atoms with E-state index in [-0.39, 0.29) is 0 Å². The fraction of sp³-hybridized carbons (Fsp3) is 0.100. The Morgan fingerprint density at radius 3 is 3.07 bits per heavy atom. The van der Waals surface area contributed by atoms with E-state index >= 15 is 0 Å². The maximum Gasteiger partial charge on any atom is 0.111 e. The van der Waals surface area contributed by atoms with E-state index in [1.54, 1.807) is 23.3 Å². The second-order valence-corrected chi connectivity index (χ2v) is 3.74. The number of rotatable bonds is 2. The van der Waals surface area contributed by atoms with Crippen LogP contribution in [0.3, 0.4) is 0 Å². The Balaban J connectivity index is 2.23. The molecule has 0 unspecified atom stereocenters. The van der Waals surface area contributed by atoms with Crippen molar-refractivity contribution < 1.29 is 0 Å². The summed E-state index contributed by atoms with van der Waals surface area (Å²) in [6.07, 6.45) is 4.97. The van der Waals surface area contributed by atoms with Crippen LogP contribution in [0.1, 0.15) is 11.1 Å². The van der Waals surface area contributed by atoms with Gasteiger partial charge in [0.2, 0.25) is 0 Å². The number of hydrogen-bond donors (Lipinski definition) is 0. The number of nitriles is 1. The van der Waals surface area contributed by atoms with Crippen molar-refractivity contribution in [3.63, 3.8) is 0 Å². The molecule has 4 nitrogen and oxygen atoms in total. The van der Waals surface area contributed by atoms with Gasteiger partial charge in [0, 0.05) is 18.0 Å². The predicted octanol–water partition coefficient (Wildman–Crippen LogP) is 1.96. The van der Waals surface area contributed by atoms with Gasteiger partial charge in [0.05, 0.1) is 18.3 Å². The van der Waals surface area contributed by atoms with Crippen LogP contribution in [0.25, 0.3) is 0 Å². The van der Waals surface area contributed by atoms with E-state index in [0.29, 0.717) is 12.1 Å². The maximum absolute atomic E-state index is 8.65. The monoisotopic (exact) mass is 262 g/mol. The lowest BCUT2D eigenvalue weighted by Crippen LogP contribution is -2.01. The van der Waals surface area contributed by atoms with Gasteiger partial charge in [0.25, 0.3) is 0 Å². The molecule has 0 saturated heterocycles. The zero-order valence-corrected chi connectivity index (χ0v) is 9.35. The van der Waals surface area contributed by atoms with Crippen LogP contribution in [0.2, 0.25) is 0 Å². The molecule has 74 valence electrons. The van der Waals surface area contributed by atoms with Crippen molar-refractivity contribution in [1.82, 2.24) is 14.8 Å². The summed E-state index contributed by atoms with van der Waals surface area (Å²) in [7, 11) is 0. The fourth-order valence-electron chi connectivity index (χ4n) is 1.22. The molecule has 2 heterocycles. The minimum atomic E-state index is 0.565. The van der Waals surface area contributed by atoms with Crippen LogP contribution >= 0.6 is 15.9 Å². The van der Waals surface area contributed by atoms with Gasteiger partial charge in [-0.15, -0.1) is 0 Å². The van der Waals surface area contributed by atoms with Crippen LogP contribution in [-0.2, 0) is 6.54 Å². The van der Waals surface area contributed by atoms with Crippen molar-refractivity contribution in [3.8, 4) is 6.07 Å².